The molecule has 0 spiro atoms. The van der Waals surface area contributed by atoms with E-state index in [1.165, 1.54) is 24.3 Å². The fraction of sp³-hybridized carbons (Fsp3) is 0.364. The van der Waals surface area contributed by atoms with E-state index >= 15 is 0 Å². The molecule has 0 heterocycles. The summed E-state index contributed by atoms with van der Waals surface area (Å²) in [6, 6.07) is 7.35. The van der Waals surface area contributed by atoms with Crippen molar-refractivity contribution in [2.24, 2.45) is 5.92 Å². The molecular formula is C11H13N3O4S. The first kappa shape index (κ1) is 15.1. The molecule has 0 radical (unpaired) electrons. The number of nitriles is 1. The Hall–Kier alpha value is -1.98. The van der Waals surface area contributed by atoms with Gasteiger partial charge in [-0.3, -0.25) is 10.1 Å². The van der Waals surface area contributed by atoms with Crippen LogP contribution < -0.4 is 4.72 Å². The summed E-state index contributed by atoms with van der Waals surface area (Å²) in [6.45, 7) is 1.61. The lowest BCUT2D eigenvalue weighted by atomic mass is 10.2. The largest absolute Gasteiger partial charge is 0.269 e. The number of nitro benzene ring substituents is 1. The van der Waals surface area contributed by atoms with Gasteiger partial charge in [0.2, 0.25) is 10.0 Å². The molecule has 102 valence electrons. The molecule has 7 nitrogen and oxygen atoms in total. The summed E-state index contributed by atoms with van der Waals surface area (Å²) in [4.78, 5) is 10.00. The summed E-state index contributed by atoms with van der Waals surface area (Å²) in [5.74, 6) is -0.785. The maximum absolute atomic E-state index is 11.7. The van der Waals surface area contributed by atoms with Gasteiger partial charge in [-0.25, -0.2) is 13.1 Å². The van der Waals surface area contributed by atoms with Gasteiger partial charge < -0.3 is 0 Å². The number of non-ortho nitro benzene ring substituents is 1. The topological polar surface area (TPSA) is 113 Å². The van der Waals surface area contributed by atoms with Crippen LogP contribution in [0.4, 0.5) is 5.69 Å². The van der Waals surface area contributed by atoms with Gasteiger partial charge in [0.1, 0.15) is 0 Å². The van der Waals surface area contributed by atoms with Crippen LogP contribution in [0.1, 0.15) is 12.5 Å². The molecule has 0 saturated carbocycles. The van der Waals surface area contributed by atoms with E-state index in [0.717, 1.165) is 0 Å². The van der Waals surface area contributed by atoms with E-state index in [2.05, 4.69) is 4.72 Å². The lowest BCUT2D eigenvalue weighted by Gasteiger charge is -2.07. The highest BCUT2D eigenvalue weighted by molar-refractivity contribution is 7.88. The third-order valence-corrected chi connectivity index (χ3v) is 3.63. The Morgan fingerprint density at radius 2 is 2.21 bits per heavy atom. The second kappa shape index (κ2) is 6.26. The monoisotopic (exact) mass is 283 g/mol. The average Bonchev–Trinajstić information content (AvgIpc) is 2.35. The van der Waals surface area contributed by atoms with Gasteiger partial charge in [-0.05, 0) is 12.5 Å². The minimum absolute atomic E-state index is 0.0216. The fourth-order valence-electron chi connectivity index (χ4n) is 1.33. The second-order valence-corrected chi connectivity index (χ2v) is 5.87. The molecule has 0 aliphatic rings. The second-order valence-electron chi connectivity index (χ2n) is 4.06. The van der Waals surface area contributed by atoms with Crippen LogP contribution in [-0.2, 0) is 15.8 Å². The van der Waals surface area contributed by atoms with Gasteiger partial charge >= 0.3 is 0 Å². The van der Waals surface area contributed by atoms with E-state index in [4.69, 9.17) is 5.26 Å². The third-order valence-electron chi connectivity index (χ3n) is 2.31. The Morgan fingerprint density at radius 1 is 1.53 bits per heavy atom. The van der Waals surface area contributed by atoms with Crippen LogP contribution in [0.2, 0.25) is 0 Å². The van der Waals surface area contributed by atoms with Crippen molar-refractivity contribution in [1.29, 1.82) is 5.26 Å². The number of hydrogen-bond donors (Lipinski definition) is 1. The van der Waals surface area contributed by atoms with Crippen molar-refractivity contribution in [1.82, 2.24) is 4.72 Å². The van der Waals surface area contributed by atoms with Gasteiger partial charge in [0.25, 0.3) is 5.69 Å². The van der Waals surface area contributed by atoms with Crippen molar-refractivity contribution >= 4 is 15.7 Å². The smallest absolute Gasteiger partial charge is 0.258 e. The van der Waals surface area contributed by atoms with Gasteiger partial charge in [0, 0.05) is 18.7 Å². The van der Waals surface area contributed by atoms with E-state index in [-0.39, 0.29) is 18.0 Å². The van der Waals surface area contributed by atoms with E-state index in [0.29, 0.717) is 5.56 Å². The Balaban J connectivity index is 2.76. The SMILES string of the molecule is CC(C#N)CNS(=O)(=O)Cc1cccc([N+](=O)[O-])c1. The van der Waals surface area contributed by atoms with Gasteiger partial charge in [0.05, 0.1) is 22.7 Å². The minimum atomic E-state index is -3.61. The first-order valence-corrected chi connectivity index (χ1v) is 7.09. The molecule has 0 saturated heterocycles. The zero-order valence-electron chi connectivity index (χ0n) is 10.2. The molecule has 1 aromatic rings. The average molecular weight is 283 g/mol. The van der Waals surface area contributed by atoms with Crippen molar-refractivity contribution in [2.75, 3.05) is 6.54 Å². The van der Waals surface area contributed by atoms with Crippen molar-refractivity contribution in [2.45, 2.75) is 12.7 Å². The Labute approximate surface area is 111 Å². The van der Waals surface area contributed by atoms with Gasteiger partial charge in [-0.15, -0.1) is 0 Å². The Bertz CT molecular complexity index is 607. The number of sulfonamides is 1. The molecule has 1 atom stereocenters. The minimum Gasteiger partial charge on any atom is -0.258 e. The van der Waals surface area contributed by atoms with Gasteiger partial charge in [-0.2, -0.15) is 5.26 Å². The van der Waals surface area contributed by atoms with Crippen molar-refractivity contribution in [3.8, 4) is 6.07 Å². The predicted molar refractivity (Wildman–Crippen MR) is 68.5 cm³/mol. The maximum Gasteiger partial charge on any atom is 0.269 e. The number of benzene rings is 1. The molecular weight excluding hydrogens is 270 g/mol. The highest BCUT2D eigenvalue weighted by atomic mass is 32.2. The van der Waals surface area contributed by atoms with Crippen LogP contribution in [0.15, 0.2) is 24.3 Å². The zero-order valence-corrected chi connectivity index (χ0v) is 11.1. The summed E-state index contributed by atoms with van der Waals surface area (Å²) in [5.41, 5.74) is 0.171. The molecule has 19 heavy (non-hydrogen) atoms. The maximum atomic E-state index is 11.7. The van der Waals surface area contributed by atoms with Crippen molar-refractivity contribution in [3.63, 3.8) is 0 Å². The van der Waals surface area contributed by atoms with Crippen LogP contribution in [0.25, 0.3) is 0 Å². The molecule has 0 aromatic heterocycles. The Morgan fingerprint density at radius 3 is 2.79 bits per heavy atom. The van der Waals surface area contributed by atoms with Crippen LogP contribution in [0.5, 0.6) is 0 Å². The molecule has 1 aromatic carbocycles. The first-order chi connectivity index (χ1) is 8.84. The van der Waals surface area contributed by atoms with E-state index in [1.54, 1.807) is 6.92 Å². The lowest BCUT2D eigenvalue weighted by Crippen LogP contribution is -2.29. The molecule has 1 N–H and O–H groups in total. The molecule has 0 aliphatic carbocycles. The van der Waals surface area contributed by atoms with E-state index < -0.39 is 20.9 Å². The predicted octanol–water partition coefficient (Wildman–Crippen LogP) is 1.17. The summed E-state index contributed by atoms with van der Waals surface area (Å²) in [6.07, 6.45) is 0. The molecule has 0 bridgehead atoms. The van der Waals surface area contributed by atoms with E-state index in [1.807, 2.05) is 6.07 Å². The number of hydrogen-bond acceptors (Lipinski definition) is 5. The number of rotatable bonds is 6. The van der Waals surface area contributed by atoms with Gasteiger partial charge in [0.15, 0.2) is 0 Å². The summed E-state index contributed by atoms with van der Waals surface area (Å²) in [7, 11) is -3.61. The molecule has 8 heteroatoms. The summed E-state index contributed by atoms with van der Waals surface area (Å²) in [5, 5.41) is 19.1. The third kappa shape index (κ3) is 5.03. The molecule has 0 aliphatic heterocycles. The number of nitrogens with zero attached hydrogens (tertiary/aromatic N) is 2. The molecule has 1 unspecified atom stereocenters. The zero-order chi connectivity index (χ0) is 14.5. The lowest BCUT2D eigenvalue weighted by molar-refractivity contribution is -0.384. The molecule has 1 rings (SSSR count). The van der Waals surface area contributed by atoms with Crippen molar-refractivity contribution < 1.29 is 13.3 Å². The fourth-order valence-corrected chi connectivity index (χ4v) is 2.55. The number of nitro groups is 1. The number of nitrogens with one attached hydrogen (secondary N) is 1. The quantitative estimate of drug-likeness (QED) is 0.622. The molecule has 0 amide bonds. The molecule has 0 fully saturated rings. The highest BCUT2D eigenvalue weighted by Gasteiger charge is 2.15. The highest BCUT2D eigenvalue weighted by Crippen LogP contribution is 2.14. The summed E-state index contributed by atoms with van der Waals surface area (Å²) < 4.78 is 25.7. The summed E-state index contributed by atoms with van der Waals surface area (Å²) >= 11 is 0. The van der Waals surface area contributed by atoms with Crippen LogP contribution in [0.3, 0.4) is 0 Å². The van der Waals surface area contributed by atoms with E-state index in [9.17, 15) is 18.5 Å². The first-order valence-electron chi connectivity index (χ1n) is 5.44. The standard InChI is InChI=1S/C11H13N3O4S/c1-9(6-12)7-13-19(17,18)8-10-3-2-4-11(5-10)14(15)16/h2-5,9,13H,7-8H2,1H3. The van der Waals surface area contributed by atoms with Gasteiger partial charge in [-0.1, -0.05) is 12.1 Å². The van der Waals surface area contributed by atoms with Crippen LogP contribution in [-0.4, -0.2) is 19.9 Å². The normalized spacial score (nSPS) is 12.6. The van der Waals surface area contributed by atoms with Crippen LogP contribution in [0, 0.1) is 27.4 Å². The Kier molecular flexibility index (Phi) is 4.97. The van der Waals surface area contributed by atoms with Crippen molar-refractivity contribution in [3.05, 3.63) is 39.9 Å². The van der Waals surface area contributed by atoms with Crippen LogP contribution >= 0.6 is 0 Å².